The maximum atomic E-state index is 12.2. The van der Waals surface area contributed by atoms with Crippen LogP contribution in [-0.4, -0.2) is 55.7 Å². The van der Waals surface area contributed by atoms with Crippen LogP contribution in [0.25, 0.3) is 0 Å². The Morgan fingerprint density at radius 2 is 2.08 bits per heavy atom. The molecule has 3 amide bonds. The lowest BCUT2D eigenvalue weighted by molar-refractivity contribution is -0.136. The minimum atomic E-state index is -1.07. The molecule has 8 nitrogen and oxygen atoms in total. The molecule has 0 aromatic heterocycles. The smallest absolute Gasteiger partial charge is 0.339 e. The average molecular weight is 336 g/mol. The van der Waals surface area contributed by atoms with Crippen LogP contribution in [0.3, 0.4) is 0 Å². The van der Waals surface area contributed by atoms with Crippen molar-refractivity contribution in [2.45, 2.75) is 20.0 Å². The molecule has 24 heavy (non-hydrogen) atoms. The number of nitrogens with one attached hydrogen (secondary N) is 1. The summed E-state index contributed by atoms with van der Waals surface area (Å²) in [5.74, 6) is -0.341. The van der Waals surface area contributed by atoms with Gasteiger partial charge in [-0.3, -0.25) is 9.69 Å². The lowest BCUT2D eigenvalue weighted by Gasteiger charge is -2.18. The van der Waals surface area contributed by atoms with Crippen molar-refractivity contribution in [3.05, 3.63) is 23.8 Å². The van der Waals surface area contributed by atoms with Crippen LogP contribution < -0.4 is 14.8 Å². The molecule has 1 heterocycles. The zero-order chi connectivity index (χ0) is 17.7. The number of carbonyl (C=O) groups excluding carboxylic acids is 3. The van der Waals surface area contributed by atoms with Crippen LogP contribution in [-0.2, 0) is 9.53 Å². The van der Waals surface area contributed by atoms with Crippen molar-refractivity contribution in [2.24, 2.45) is 0 Å². The molecule has 0 unspecified atom stereocenters. The summed E-state index contributed by atoms with van der Waals surface area (Å²) in [4.78, 5) is 36.8. The van der Waals surface area contributed by atoms with Gasteiger partial charge in [-0.05, 0) is 32.0 Å². The second-order valence-corrected chi connectivity index (χ2v) is 5.07. The van der Waals surface area contributed by atoms with Gasteiger partial charge in [0.15, 0.2) is 17.6 Å². The Morgan fingerprint density at radius 3 is 2.67 bits per heavy atom. The first kappa shape index (κ1) is 17.6. The highest BCUT2D eigenvalue weighted by molar-refractivity contribution is 5.99. The summed E-state index contributed by atoms with van der Waals surface area (Å²) in [6.45, 7) is 4.38. The van der Waals surface area contributed by atoms with Crippen LogP contribution in [0.4, 0.5) is 4.79 Å². The molecule has 2 rings (SSSR count). The van der Waals surface area contributed by atoms with Gasteiger partial charge >= 0.3 is 12.0 Å². The van der Waals surface area contributed by atoms with Gasteiger partial charge in [-0.1, -0.05) is 0 Å². The van der Waals surface area contributed by atoms with Gasteiger partial charge in [-0.25, -0.2) is 9.59 Å². The van der Waals surface area contributed by atoms with Gasteiger partial charge in [-0.2, -0.15) is 0 Å². The van der Waals surface area contributed by atoms with E-state index in [-0.39, 0.29) is 12.1 Å². The van der Waals surface area contributed by atoms with E-state index in [0.29, 0.717) is 24.7 Å². The quantitative estimate of drug-likeness (QED) is 0.784. The molecule has 1 aromatic rings. The first-order valence-corrected chi connectivity index (χ1v) is 7.59. The lowest BCUT2D eigenvalue weighted by Crippen LogP contribution is -2.41. The van der Waals surface area contributed by atoms with Crippen molar-refractivity contribution in [1.29, 1.82) is 0 Å². The van der Waals surface area contributed by atoms with Gasteiger partial charge in [0.05, 0.1) is 19.3 Å². The molecule has 130 valence electrons. The number of carbonyl (C=O) groups is 3. The number of amides is 3. The van der Waals surface area contributed by atoms with Crippen molar-refractivity contribution in [2.75, 3.05) is 26.8 Å². The highest BCUT2D eigenvalue weighted by Gasteiger charge is 2.31. The molecule has 0 spiro atoms. The van der Waals surface area contributed by atoms with E-state index in [1.165, 1.54) is 26.2 Å². The fourth-order valence-electron chi connectivity index (χ4n) is 2.25. The van der Waals surface area contributed by atoms with Crippen molar-refractivity contribution in [3.8, 4) is 11.5 Å². The van der Waals surface area contributed by atoms with Gasteiger partial charge in [-0.15, -0.1) is 0 Å². The van der Waals surface area contributed by atoms with Crippen LogP contribution in [0, 0.1) is 0 Å². The Bertz CT molecular complexity index is 645. The largest absolute Gasteiger partial charge is 0.493 e. The second-order valence-electron chi connectivity index (χ2n) is 5.07. The van der Waals surface area contributed by atoms with Crippen LogP contribution in [0.2, 0.25) is 0 Å². The number of nitrogens with zero attached hydrogens (tertiary/aromatic N) is 1. The maximum absolute atomic E-state index is 12.2. The second kappa shape index (κ2) is 7.67. The van der Waals surface area contributed by atoms with E-state index in [2.05, 4.69) is 5.32 Å². The van der Waals surface area contributed by atoms with Gasteiger partial charge < -0.3 is 19.5 Å². The number of imide groups is 1. The van der Waals surface area contributed by atoms with Gasteiger partial charge in [0, 0.05) is 13.1 Å². The van der Waals surface area contributed by atoms with Crippen molar-refractivity contribution < 1.29 is 28.6 Å². The minimum Gasteiger partial charge on any atom is -0.493 e. The molecule has 0 radical (unpaired) electrons. The number of rotatable bonds is 6. The minimum absolute atomic E-state index is 0.223. The number of esters is 1. The number of benzene rings is 1. The molecule has 8 heteroatoms. The van der Waals surface area contributed by atoms with E-state index in [9.17, 15) is 14.4 Å². The van der Waals surface area contributed by atoms with Gasteiger partial charge in [0.1, 0.15) is 0 Å². The summed E-state index contributed by atoms with van der Waals surface area (Å²) in [5, 5.41) is 2.52. The molecule has 1 aliphatic heterocycles. The lowest BCUT2D eigenvalue weighted by atomic mass is 10.2. The van der Waals surface area contributed by atoms with E-state index < -0.39 is 24.0 Å². The summed E-state index contributed by atoms with van der Waals surface area (Å²) in [6, 6.07) is 4.12. The summed E-state index contributed by atoms with van der Waals surface area (Å²) < 4.78 is 15.7. The highest BCUT2D eigenvalue weighted by atomic mass is 16.5. The number of hydrogen-bond donors (Lipinski definition) is 1. The Balaban J connectivity index is 2.06. The zero-order valence-electron chi connectivity index (χ0n) is 13.8. The topological polar surface area (TPSA) is 94.2 Å². The van der Waals surface area contributed by atoms with E-state index in [4.69, 9.17) is 14.2 Å². The van der Waals surface area contributed by atoms with E-state index in [0.717, 1.165) is 4.90 Å². The number of methoxy groups -OCH3 is 1. The molecule has 1 saturated heterocycles. The maximum Gasteiger partial charge on any atom is 0.339 e. The predicted molar refractivity (Wildman–Crippen MR) is 84.2 cm³/mol. The van der Waals surface area contributed by atoms with Crippen molar-refractivity contribution >= 4 is 17.9 Å². The highest BCUT2D eigenvalue weighted by Crippen LogP contribution is 2.28. The van der Waals surface area contributed by atoms with E-state index >= 15 is 0 Å². The van der Waals surface area contributed by atoms with E-state index in [1.807, 2.05) is 6.92 Å². The fraction of sp³-hybridized carbons (Fsp3) is 0.438. The molecule has 0 saturated carbocycles. The third-order valence-corrected chi connectivity index (χ3v) is 3.45. The number of hydrogen-bond acceptors (Lipinski definition) is 6. The summed E-state index contributed by atoms with van der Waals surface area (Å²) in [7, 11) is 1.46. The Kier molecular flexibility index (Phi) is 5.62. The van der Waals surface area contributed by atoms with Crippen molar-refractivity contribution in [1.82, 2.24) is 10.2 Å². The summed E-state index contributed by atoms with van der Waals surface area (Å²) >= 11 is 0. The molecule has 0 bridgehead atoms. The third kappa shape index (κ3) is 3.76. The van der Waals surface area contributed by atoms with E-state index in [1.54, 1.807) is 6.07 Å². The summed E-state index contributed by atoms with van der Waals surface area (Å²) in [5.41, 5.74) is 0.223. The standard InChI is InChI=1S/C16H20N2O6/c1-4-23-12-6-5-11(9-13(12)22-3)15(20)24-10(2)14(19)18-8-7-17-16(18)21/h5-6,9-10H,4,7-8H2,1-3H3,(H,17,21)/t10-/m0/s1. The molecule has 1 aliphatic rings. The van der Waals surface area contributed by atoms with Gasteiger partial charge in [0.2, 0.25) is 0 Å². The van der Waals surface area contributed by atoms with Crippen LogP contribution in [0.5, 0.6) is 11.5 Å². The molecule has 1 N–H and O–H groups in total. The normalized spacial score (nSPS) is 14.8. The van der Waals surface area contributed by atoms with Crippen LogP contribution in [0.15, 0.2) is 18.2 Å². The predicted octanol–water partition coefficient (Wildman–Crippen LogP) is 1.19. The molecule has 1 atom stereocenters. The monoisotopic (exact) mass is 336 g/mol. The molecular weight excluding hydrogens is 316 g/mol. The Morgan fingerprint density at radius 1 is 1.33 bits per heavy atom. The fourth-order valence-corrected chi connectivity index (χ4v) is 2.25. The molecule has 0 aliphatic carbocycles. The molecular formula is C16H20N2O6. The van der Waals surface area contributed by atoms with Crippen molar-refractivity contribution in [3.63, 3.8) is 0 Å². The SMILES string of the molecule is CCOc1ccc(C(=O)O[C@@H](C)C(=O)N2CCNC2=O)cc1OC. The Labute approximate surface area is 139 Å². The third-order valence-electron chi connectivity index (χ3n) is 3.45. The number of urea groups is 1. The van der Waals surface area contributed by atoms with Gasteiger partial charge in [0.25, 0.3) is 5.91 Å². The Hall–Kier alpha value is -2.77. The van der Waals surface area contributed by atoms with Crippen LogP contribution >= 0.6 is 0 Å². The first-order valence-electron chi connectivity index (χ1n) is 7.59. The number of ether oxygens (including phenoxy) is 3. The molecule has 1 fully saturated rings. The summed E-state index contributed by atoms with van der Waals surface area (Å²) in [6.07, 6.45) is -1.07. The van der Waals surface area contributed by atoms with Crippen LogP contribution in [0.1, 0.15) is 24.2 Å². The average Bonchev–Trinajstić information content (AvgIpc) is 3.00. The molecule has 1 aromatic carbocycles. The zero-order valence-corrected chi connectivity index (χ0v) is 13.8. The first-order chi connectivity index (χ1) is 11.5.